The number of aryl methyl sites for hydroxylation is 1. The first-order chi connectivity index (χ1) is 10.2. The molecule has 0 saturated heterocycles. The normalized spacial score (nSPS) is 14.2. The Morgan fingerprint density at radius 2 is 1.81 bits per heavy atom. The highest BCUT2D eigenvalue weighted by atomic mass is 16.4. The topological polar surface area (TPSA) is 59.4 Å². The zero-order chi connectivity index (χ0) is 14.8. The summed E-state index contributed by atoms with van der Waals surface area (Å²) in [6, 6.07) is 17.7. The van der Waals surface area contributed by atoms with Gasteiger partial charge in [-0.25, -0.2) is 0 Å². The molecule has 3 nitrogen and oxygen atoms in total. The van der Waals surface area contributed by atoms with Gasteiger partial charge in [-0.05, 0) is 24.6 Å². The largest absolute Gasteiger partial charge is 0.458 e. The summed E-state index contributed by atoms with van der Waals surface area (Å²) < 4.78 is 5.75. The lowest BCUT2D eigenvalue weighted by molar-refractivity contribution is 0.124. The van der Waals surface area contributed by atoms with Gasteiger partial charge in [0.2, 0.25) is 0 Å². The standard InChI is InChI=1S/C18H19NO2/c1-12-6-8-13(9-7-12)15(11-19)18(20)17-10-14-4-2-3-5-16(14)21-17/h2-10,15,18,20H,11,19H2,1H3. The second kappa shape index (κ2) is 5.72. The molecule has 1 aromatic heterocycles. The third-order valence-electron chi connectivity index (χ3n) is 3.88. The minimum Gasteiger partial charge on any atom is -0.458 e. The lowest BCUT2D eigenvalue weighted by Gasteiger charge is -2.20. The van der Waals surface area contributed by atoms with Gasteiger partial charge in [0.05, 0.1) is 0 Å². The molecule has 2 unspecified atom stereocenters. The fourth-order valence-corrected chi connectivity index (χ4v) is 2.61. The highest BCUT2D eigenvalue weighted by Crippen LogP contribution is 2.33. The van der Waals surface area contributed by atoms with Crippen LogP contribution in [-0.4, -0.2) is 11.7 Å². The van der Waals surface area contributed by atoms with E-state index in [0.29, 0.717) is 12.3 Å². The summed E-state index contributed by atoms with van der Waals surface area (Å²) in [5.41, 5.74) is 8.87. The van der Waals surface area contributed by atoms with Gasteiger partial charge >= 0.3 is 0 Å². The second-order valence-corrected chi connectivity index (χ2v) is 5.38. The van der Waals surface area contributed by atoms with Crippen LogP contribution in [0.2, 0.25) is 0 Å². The summed E-state index contributed by atoms with van der Waals surface area (Å²) in [6.45, 7) is 2.40. The summed E-state index contributed by atoms with van der Waals surface area (Å²) in [5, 5.41) is 11.6. The first-order valence-electron chi connectivity index (χ1n) is 7.12. The van der Waals surface area contributed by atoms with E-state index in [1.807, 2.05) is 61.5 Å². The van der Waals surface area contributed by atoms with Crippen molar-refractivity contribution in [1.82, 2.24) is 0 Å². The molecule has 108 valence electrons. The molecule has 0 aliphatic heterocycles. The van der Waals surface area contributed by atoms with Crippen molar-refractivity contribution in [3.8, 4) is 0 Å². The van der Waals surface area contributed by atoms with Crippen molar-refractivity contribution in [3.63, 3.8) is 0 Å². The molecule has 0 bridgehead atoms. The molecule has 0 spiro atoms. The van der Waals surface area contributed by atoms with E-state index in [1.54, 1.807) is 0 Å². The number of aliphatic hydroxyl groups excluding tert-OH is 1. The second-order valence-electron chi connectivity index (χ2n) is 5.38. The van der Waals surface area contributed by atoms with E-state index in [9.17, 15) is 5.11 Å². The van der Waals surface area contributed by atoms with Crippen LogP contribution in [0.25, 0.3) is 11.0 Å². The zero-order valence-electron chi connectivity index (χ0n) is 12.0. The van der Waals surface area contributed by atoms with E-state index in [1.165, 1.54) is 5.56 Å². The predicted octanol–water partition coefficient (Wildman–Crippen LogP) is 3.52. The molecule has 3 rings (SSSR count). The first kappa shape index (κ1) is 13.9. The van der Waals surface area contributed by atoms with Gasteiger partial charge in [-0.3, -0.25) is 0 Å². The fraction of sp³-hybridized carbons (Fsp3) is 0.222. The van der Waals surface area contributed by atoms with Gasteiger partial charge in [0.25, 0.3) is 0 Å². The Balaban J connectivity index is 1.94. The third kappa shape index (κ3) is 2.71. The average molecular weight is 281 g/mol. The van der Waals surface area contributed by atoms with E-state index in [0.717, 1.165) is 16.5 Å². The lowest BCUT2D eigenvalue weighted by Crippen LogP contribution is -2.19. The third-order valence-corrected chi connectivity index (χ3v) is 3.88. The quantitative estimate of drug-likeness (QED) is 0.769. The summed E-state index contributed by atoms with van der Waals surface area (Å²) in [6.07, 6.45) is -0.745. The van der Waals surface area contributed by atoms with Crippen LogP contribution in [-0.2, 0) is 0 Å². The Kier molecular flexibility index (Phi) is 3.78. The van der Waals surface area contributed by atoms with Crippen molar-refractivity contribution >= 4 is 11.0 Å². The van der Waals surface area contributed by atoms with E-state index < -0.39 is 6.10 Å². The van der Waals surface area contributed by atoms with Crippen LogP contribution in [0.1, 0.15) is 28.9 Å². The molecule has 3 heteroatoms. The minimum atomic E-state index is -0.745. The number of benzene rings is 2. The van der Waals surface area contributed by atoms with Gasteiger partial charge in [-0.1, -0.05) is 48.0 Å². The summed E-state index contributed by atoms with van der Waals surface area (Å²) >= 11 is 0. The van der Waals surface area contributed by atoms with Gasteiger partial charge in [0, 0.05) is 17.8 Å². The molecular formula is C18H19NO2. The maximum absolute atomic E-state index is 10.6. The lowest BCUT2D eigenvalue weighted by atomic mass is 9.91. The van der Waals surface area contributed by atoms with Crippen molar-refractivity contribution in [3.05, 3.63) is 71.5 Å². The Morgan fingerprint density at radius 1 is 1.10 bits per heavy atom. The van der Waals surface area contributed by atoms with Crippen LogP contribution < -0.4 is 5.73 Å². The molecule has 0 saturated carbocycles. The monoisotopic (exact) mass is 281 g/mol. The number of hydrogen-bond donors (Lipinski definition) is 2. The fourth-order valence-electron chi connectivity index (χ4n) is 2.61. The Morgan fingerprint density at radius 3 is 2.48 bits per heavy atom. The molecule has 3 aromatic rings. The minimum absolute atomic E-state index is 0.175. The maximum Gasteiger partial charge on any atom is 0.134 e. The number of furan rings is 1. The molecule has 0 amide bonds. The number of fused-ring (bicyclic) bond motifs is 1. The van der Waals surface area contributed by atoms with E-state index >= 15 is 0 Å². The molecule has 0 fully saturated rings. The molecular weight excluding hydrogens is 262 g/mol. The smallest absolute Gasteiger partial charge is 0.134 e. The molecule has 2 atom stereocenters. The highest BCUT2D eigenvalue weighted by Gasteiger charge is 2.24. The Labute approximate surface area is 124 Å². The summed E-state index contributed by atoms with van der Waals surface area (Å²) in [4.78, 5) is 0. The van der Waals surface area contributed by atoms with Crippen LogP contribution in [0.3, 0.4) is 0 Å². The summed E-state index contributed by atoms with van der Waals surface area (Å²) in [5.74, 6) is 0.387. The number of para-hydroxylation sites is 1. The van der Waals surface area contributed by atoms with Crippen molar-refractivity contribution in [1.29, 1.82) is 0 Å². The molecule has 3 N–H and O–H groups in total. The molecule has 1 heterocycles. The average Bonchev–Trinajstić information content (AvgIpc) is 2.93. The van der Waals surface area contributed by atoms with Crippen LogP contribution in [0.4, 0.5) is 0 Å². The van der Waals surface area contributed by atoms with Gasteiger partial charge in [0.1, 0.15) is 17.4 Å². The number of aliphatic hydroxyl groups is 1. The van der Waals surface area contributed by atoms with Gasteiger partial charge in [-0.15, -0.1) is 0 Å². The first-order valence-corrected chi connectivity index (χ1v) is 7.12. The van der Waals surface area contributed by atoms with Crippen LogP contribution in [0.5, 0.6) is 0 Å². The van der Waals surface area contributed by atoms with Crippen LogP contribution in [0.15, 0.2) is 59.0 Å². The van der Waals surface area contributed by atoms with Gasteiger partial charge in [-0.2, -0.15) is 0 Å². The van der Waals surface area contributed by atoms with Crippen LogP contribution >= 0.6 is 0 Å². The number of rotatable bonds is 4. The summed E-state index contributed by atoms with van der Waals surface area (Å²) in [7, 11) is 0. The Hall–Kier alpha value is -2.10. The van der Waals surface area contributed by atoms with Gasteiger partial charge < -0.3 is 15.3 Å². The van der Waals surface area contributed by atoms with E-state index in [2.05, 4.69) is 0 Å². The van der Waals surface area contributed by atoms with Crippen molar-refractivity contribution in [2.24, 2.45) is 5.73 Å². The molecule has 2 aromatic carbocycles. The molecule has 0 radical (unpaired) electrons. The SMILES string of the molecule is Cc1ccc(C(CN)C(O)c2cc3ccccc3o2)cc1. The molecule has 0 aliphatic rings. The van der Waals surface area contributed by atoms with Crippen molar-refractivity contribution in [2.75, 3.05) is 6.54 Å². The predicted molar refractivity (Wildman–Crippen MR) is 84.1 cm³/mol. The van der Waals surface area contributed by atoms with Gasteiger partial charge in [0.15, 0.2) is 0 Å². The Bertz CT molecular complexity index is 697. The zero-order valence-corrected chi connectivity index (χ0v) is 12.0. The maximum atomic E-state index is 10.6. The van der Waals surface area contributed by atoms with Crippen molar-refractivity contribution in [2.45, 2.75) is 18.9 Å². The van der Waals surface area contributed by atoms with Crippen molar-refractivity contribution < 1.29 is 9.52 Å². The molecule has 21 heavy (non-hydrogen) atoms. The van der Waals surface area contributed by atoms with E-state index in [-0.39, 0.29) is 5.92 Å². The van der Waals surface area contributed by atoms with E-state index in [4.69, 9.17) is 10.2 Å². The molecule has 0 aliphatic carbocycles. The number of hydrogen-bond acceptors (Lipinski definition) is 3. The highest BCUT2D eigenvalue weighted by molar-refractivity contribution is 5.77. The van der Waals surface area contributed by atoms with Crippen LogP contribution in [0, 0.1) is 6.92 Å². The number of nitrogens with two attached hydrogens (primary N) is 1.